The topological polar surface area (TPSA) is 59.6 Å². The van der Waals surface area contributed by atoms with Crippen molar-refractivity contribution in [3.8, 4) is 5.75 Å². The zero-order valence-corrected chi connectivity index (χ0v) is 17.5. The number of allylic oxidation sites excluding steroid dienone is 1. The van der Waals surface area contributed by atoms with Gasteiger partial charge in [0.25, 0.3) is 0 Å². The van der Waals surface area contributed by atoms with E-state index in [1.54, 1.807) is 13.3 Å². The van der Waals surface area contributed by atoms with Gasteiger partial charge < -0.3 is 14.8 Å². The van der Waals surface area contributed by atoms with Gasteiger partial charge in [0.2, 0.25) is 0 Å². The predicted molar refractivity (Wildman–Crippen MR) is 122 cm³/mol. The number of fused-ring (bicyclic) bond motifs is 1. The average Bonchev–Trinajstić information content (AvgIpc) is 2.83. The second-order valence-corrected chi connectivity index (χ2v) is 7.47. The second kappa shape index (κ2) is 9.85. The molecular formula is C26H26N2O3. The number of anilines is 1. The molecule has 3 aromatic rings. The van der Waals surface area contributed by atoms with Crippen molar-refractivity contribution in [1.82, 2.24) is 5.32 Å². The van der Waals surface area contributed by atoms with Crippen LogP contribution < -0.4 is 15.4 Å². The van der Waals surface area contributed by atoms with Crippen LogP contribution in [0.25, 0.3) is 0 Å². The van der Waals surface area contributed by atoms with E-state index < -0.39 is 6.09 Å². The minimum atomic E-state index is -0.473. The van der Waals surface area contributed by atoms with Gasteiger partial charge in [0, 0.05) is 17.8 Å². The zero-order chi connectivity index (χ0) is 21.5. The lowest BCUT2D eigenvalue weighted by Gasteiger charge is -2.32. The molecule has 4 rings (SSSR count). The summed E-state index contributed by atoms with van der Waals surface area (Å²) in [7, 11) is 1.67. The number of benzene rings is 3. The quantitative estimate of drug-likeness (QED) is 0.537. The van der Waals surface area contributed by atoms with E-state index in [-0.39, 0.29) is 18.6 Å². The molecule has 0 saturated heterocycles. The Bertz CT molecular complexity index is 1040. The first-order valence-corrected chi connectivity index (χ1v) is 10.4. The molecule has 0 aliphatic carbocycles. The summed E-state index contributed by atoms with van der Waals surface area (Å²) in [6.45, 7) is 0.240. The lowest BCUT2D eigenvalue weighted by atomic mass is 9.84. The van der Waals surface area contributed by atoms with E-state index in [1.807, 2.05) is 60.7 Å². The average molecular weight is 415 g/mol. The number of hydrogen-bond donors (Lipinski definition) is 2. The van der Waals surface area contributed by atoms with Crippen molar-refractivity contribution >= 4 is 11.8 Å². The Kier molecular flexibility index (Phi) is 6.53. The van der Waals surface area contributed by atoms with Gasteiger partial charge in [-0.3, -0.25) is 5.32 Å². The lowest BCUT2D eigenvalue weighted by molar-refractivity contribution is 0.143. The molecular weight excluding hydrogens is 388 g/mol. The number of nitrogens with one attached hydrogen (secondary N) is 2. The van der Waals surface area contributed by atoms with E-state index in [2.05, 4.69) is 34.9 Å². The third-order valence-electron chi connectivity index (χ3n) is 5.42. The highest BCUT2D eigenvalue weighted by Crippen LogP contribution is 2.42. The summed E-state index contributed by atoms with van der Waals surface area (Å²) in [4.78, 5) is 12.1. The van der Waals surface area contributed by atoms with Crippen molar-refractivity contribution in [1.29, 1.82) is 0 Å². The van der Waals surface area contributed by atoms with Gasteiger partial charge in [-0.2, -0.15) is 0 Å². The molecule has 1 aliphatic rings. The molecule has 1 amide bonds. The van der Waals surface area contributed by atoms with E-state index in [0.29, 0.717) is 0 Å². The first-order chi connectivity index (χ1) is 15.2. The molecule has 0 bridgehead atoms. The molecule has 0 aromatic heterocycles. The number of amides is 1. The van der Waals surface area contributed by atoms with Crippen LogP contribution in [0.1, 0.15) is 35.1 Å². The van der Waals surface area contributed by atoms with Gasteiger partial charge in [-0.15, -0.1) is 0 Å². The number of hydrogen-bond acceptors (Lipinski definition) is 4. The van der Waals surface area contributed by atoms with Gasteiger partial charge in [0.1, 0.15) is 12.4 Å². The van der Waals surface area contributed by atoms with Gasteiger partial charge in [-0.1, -0.05) is 66.7 Å². The normalized spacial score (nSPS) is 17.5. The number of carbonyl (C=O) groups is 1. The molecule has 2 unspecified atom stereocenters. The molecule has 1 aliphatic heterocycles. The fourth-order valence-electron chi connectivity index (χ4n) is 3.82. The largest absolute Gasteiger partial charge is 0.497 e. The Labute approximate surface area is 182 Å². The standard InChI is InChI=1S/C26H26N2O3/c1-30-22-12-13-24-23(17-22)21(16-25(28-24)20-10-6-3-7-11-20)14-15-27-26(29)31-18-19-8-4-2-5-9-19/h2-15,17,21,25,28H,16,18H2,1H3,(H,27,29)/b15-14+. The SMILES string of the molecule is COc1ccc2c(c1)C(/C=C/NC(=O)OCc1ccccc1)CC(c1ccccc1)N2. The van der Waals surface area contributed by atoms with Gasteiger partial charge >= 0.3 is 6.09 Å². The molecule has 31 heavy (non-hydrogen) atoms. The molecule has 0 spiro atoms. The molecule has 3 aromatic carbocycles. The van der Waals surface area contributed by atoms with Gasteiger partial charge in [0.05, 0.1) is 13.2 Å². The van der Waals surface area contributed by atoms with Crippen LogP contribution in [0.4, 0.5) is 10.5 Å². The van der Waals surface area contributed by atoms with Crippen LogP contribution in [0.5, 0.6) is 5.75 Å². The molecule has 158 valence electrons. The summed E-state index contributed by atoms with van der Waals surface area (Å²) in [6, 6.07) is 26.2. The van der Waals surface area contributed by atoms with E-state index >= 15 is 0 Å². The number of carbonyl (C=O) groups excluding carboxylic acids is 1. The Morgan fingerprint density at radius 1 is 1.06 bits per heavy atom. The number of alkyl carbamates (subject to hydrolysis) is 1. The molecule has 5 nitrogen and oxygen atoms in total. The van der Waals surface area contributed by atoms with Gasteiger partial charge in [-0.25, -0.2) is 4.79 Å². The van der Waals surface area contributed by atoms with Crippen molar-refractivity contribution in [2.75, 3.05) is 12.4 Å². The van der Waals surface area contributed by atoms with Crippen LogP contribution in [0, 0.1) is 0 Å². The summed E-state index contributed by atoms with van der Waals surface area (Å²) in [5, 5.41) is 6.35. The maximum atomic E-state index is 12.1. The molecule has 5 heteroatoms. The van der Waals surface area contributed by atoms with E-state index in [9.17, 15) is 4.79 Å². The zero-order valence-electron chi connectivity index (χ0n) is 17.5. The monoisotopic (exact) mass is 414 g/mol. The summed E-state index contributed by atoms with van der Waals surface area (Å²) >= 11 is 0. The highest BCUT2D eigenvalue weighted by Gasteiger charge is 2.26. The van der Waals surface area contributed by atoms with Crippen LogP contribution in [-0.4, -0.2) is 13.2 Å². The van der Waals surface area contributed by atoms with Crippen LogP contribution in [-0.2, 0) is 11.3 Å². The molecule has 0 radical (unpaired) electrons. The van der Waals surface area contributed by atoms with E-state index in [4.69, 9.17) is 9.47 Å². The summed E-state index contributed by atoms with van der Waals surface area (Å²) in [5.41, 5.74) is 4.40. The minimum absolute atomic E-state index is 0.117. The van der Waals surface area contributed by atoms with Crippen LogP contribution in [0.2, 0.25) is 0 Å². The van der Waals surface area contributed by atoms with Crippen molar-refractivity contribution in [2.24, 2.45) is 0 Å². The third-order valence-corrected chi connectivity index (χ3v) is 5.42. The van der Waals surface area contributed by atoms with Crippen LogP contribution >= 0.6 is 0 Å². The maximum absolute atomic E-state index is 12.1. The fourth-order valence-corrected chi connectivity index (χ4v) is 3.82. The summed E-state index contributed by atoms with van der Waals surface area (Å²) in [6.07, 6.45) is 4.08. The number of methoxy groups -OCH3 is 1. The summed E-state index contributed by atoms with van der Waals surface area (Å²) < 4.78 is 10.7. The Balaban J connectivity index is 1.45. The Morgan fingerprint density at radius 3 is 2.55 bits per heavy atom. The van der Waals surface area contributed by atoms with Crippen molar-refractivity contribution in [2.45, 2.75) is 25.0 Å². The van der Waals surface area contributed by atoms with E-state index in [0.717, 1.165) is 29.0 Å². The molecule has 0 saturated carbocycles. The first kappa shape index (κ1) is 20.5. The van der Waals surface area contributed by atoms with Crippen LogP contribution in [0.3, 0.4) is 0 Å². The maximum Gasteiger partial charge on any atom is 0.411 e. The highest BCUT2D eigenvalue weighted by atomic mass is 16.5. The van der Waals surface area contributed by atoms with Crippen molar-refractivity contribution in [3.63, 3.8) is 0 Å². The van der Waals surface area contributed by atoms with Crippen molar-refractivity contribution in [3.05, 3.63) is 108 Å². The van der Waals surface area contributed by atoms with Gasteiger partial charge in [0.15, 0.2) is 0 Å². The van der Waals surface area contributed by atoms with Crippen LogP contribution in [0.15, 0.2) is 91.1 Å². The fraction of sp³-hybridized carbons (Fsp3) is 0.192. The van der Waals surface area contributed by atoms with E-state index in [1.165, 1.54) is 5.56 Å². The Morgan fingerprint density at radius 2 is 1.81 bits per heavy atom. The number of rotatable bonds is 6. The lowest BCUT2D eigenvalue weighted by Crippen LogP contribution is -2.22. The third kappa shape index (κ3) is 5.25. The van der Waals surface area contributed by atoms with Crippen molar-refractivity contribution < 1.29 is 14.3 Å². The molecule has 0 fully saturated rings. The minimum Gasteiger partial charge on any atom is -0.497 e. The predicted octanol–water partition coefficient (Wildman–Crippen LogP) is 5.78. The first-order valence-electron chi connectivity index (χ1n) is 10.4. The highest BCUT2D eigenvalue weighted by molar-refractivity contribution is 5.68. The smallest absolute Gasteiger partial charge is 0.411 e. The summed E-state index contributed by atoms with van der Waals surface area (Å²) in [5.74, 6) is 0.929. The molecule has 2 atom stereocenters. The Hall–Kier alpha value is -3.73. The molecule has 2 N–H and O–H groups in total. The second-order valence-electron chi connectivity index (χ2n) is 7.47. The van der Waals surface area contributed by atoms with Gasteiger partial charge in [-0.05, 0) is 41.3 Å². The number of ether oxygens (including phenoxy) is 2. The molecule has 1 heterocycles.